The predicted molar refractivity (Wildman–Crippen MR) is 78.7 cm³/mol. The number of nitrogens with zero attached hydrogens (tertiary/aromatic N) is 1. The molecule has 0 aliphatic rings. The third-order valence-electron chi connectivity index (χ3n) is 2.90. The second kappa shape index (κ2) is 6.86. The smallest absolute Gasteiger partial charge is 0.252 e. The number of H-pyrrole nitrogens is 1. The van der Waals surface area contributed by atoms with Crippen LogP contribution in [0.4, 0.5) is 5.82 Å². The van der Waals surface area contributed by atoms with E-state index in [1.807, 2.05) is 25.1 Å². The van der Waals surface area contributed by atoms with Crippen LogP contribution in [0.25, 0.3) is 0 Å². The molecular weight excluding hydrogens is 254 g/mol. The Morgan fingerprint density at radius 2 is 2.10 bits per heavy atom. The summed E-state index contributed by atoms with van der Waals surface area (Å²) in [6.45, 7) is 3.17. The van der Waals surface area contributed by atoms with E-state index in [0.29, 0.717) is 31.2 Å². The minimum absolute atomic E-state index is 0.132. The van der Waals surface area contributed by atoms with E-state index in [9.17, 15) is 4.79 Å². The van der Waals surface area contributed by atoms with Gasteiger partial charge in [0.25, 0.3) is 5.56 Å². The van der Waals surface area contributed by atoms with Crippen molar-refractivity contribution in [2.75, 3.05) is 12.4 Å². The first-order valence-electron chi connectivity index (χ1n) is 6.62. The number of methoxy groups -OCH3 is 1. The lowest BCUT2D eigenvalue weighted by Crippen LogP contribution is -2.13. The molecule has 1 aromatic carbocycles. The molecular formula is C15H19N3O2. The molecule has 0 atom stereocenters. The van der Waals surface area contributed by atoms with Gasteiger partial charge < -0.3 is 15.0 Å². The van der Waals surface area contributed by atoms with Crippen molar-refractivity contribution in [1.29, 1.82) is 0 Å². The topological polar surface area (TPSA) is 67.0 Å². The van der Waals surface area contributed by atoms with E-state index in [0.717, 1.165) is 11.1 Å². The van der Waals surface area contributed by atoms with Crippen LogP contribution >= 0.6 is 0 Å². The molecule has 2 rings (SSSR count). The van der Waals surface area contributed by atoms with Crippen LogP contribution in [0.15, 0.2) is 35.1 Å². The highest BCUT2D eigenvalue weighted by atomic mass is 16.5. The molecule has 5 nitrogen and oxygen atoms in total. The zero-order valence-corrected chi connectivity index (χ0v) is 11.8. The quantitative estimate of drug-likeness (QED) is 0.845. The molecule has 20 heavy (non-hydrogen) atoms. The normalized spacial score (nSPS) is 10.5. The number of aromatic nitrogens is 2. The van der Waals surface area contributed by atoms with Gasteiger partial charge >= 0.3 is 0 Å². The van der Waals surface area contributed by atoms with Crippen LogP contribution in [0.3, 0.4) is 0 Å². The number of hydrogen-bond donors (Lipinski definition) is 2. The lowest BCUT2D eigenvalue weighted by atomic mass is 10.1. The van der Waals surface area contributed by atoms with Crippen molar-refractivity contribution >= 4 is 5.82 Å². The summed E-state index contributed by atoms with van der Waals surface area (Å²) < 4.78 is 5.11. The number of aryl methyl sites for hydroxylation is 1. The number of benzene rings is 1. The van der Waals surface area contributed by atoms with Crippen LogP contribution in [0.2, 0.25) is 0 Å². The fraction of sp³-hybridized carbons (Fsp3) is 0.333. The molecule has 1 aromatic heterocycles. The molecule has 0 saturated heterocycles. The molecule has 5 heteroatoms. The molecule has 0 amide bonds. The average molecular weight is 273 g/mol. The Morgan fingerprint density at radius 3 is 2.85 bits per heavy atom. The predicted octanol–water partition coefficient (Wildman–Crippen LogP) is 2.09. The molecule has 0 aliphatic carbocycles. The van der Waals surface area contributed by atoms with Crippen molar-refractivity contribution in [3.05, 3.63) is 57.6 Å². The highest BCUT2D eigenvalue weighted by Gasteiger charge is 2.01. The maximum atomic E-state index is 11.5. The van der Waals surface area contributed by atoms with E-state index >= 15 is 0 Å². The summed E-state index contributed by atoms with van der Waals surface area (Å²) in [5.41, 5.74) is 2.12. The van der Waals surface area contributed by atoms with E-state index in [-0.39, 0.29) is 5.56 Å². The largest absolute Gasteiger partial charge is 0.380 e. The van der Waals surface area contributed by atoms with Gasteiger partial charge in [-0.1, -0.05) is 31.2 Å². The van der Waals surface area contributed by atoms with Gasteiger partial charge in [-0.2, -0.15) is 0 Å². The first-order valence-corrected chi connectivity index (χ1v) is 6.62. The van der Waals surface area contributed by atoms with Crippen molar-refractivity contribution in [3.63, 3.8) is 0 Å². The second-order valence-electron chi connectivity index (χ2n) is 4.54. The molecule has 0 saturated carbocycles. The van der Waals surface area contributed by atoms with Gasteiger partial charge in [0, 0.05) is 26.1 Å². The van der Waals surface area contributed by atoms with E-state index < -0.39 is 0 Å². The fourth-order valence-electron chi connectivity index (χ4n) is 1.95. The summed E-state index contributed by atoms with van der Waals surface area (Å²) in [6.07, 6.45) is 0.702. The van der Waals surface area contributed by atoms with Crippen molar-refractivity contribution in [1.82, 2.24) is 9.97 Å². The van der Waals surface area contributed by atoms with Gasteiger partial charge in [0.2, 0.25) is 0 Å². The van der Waals surface area contributed by atoms with Crippen LogP contribution in [-0.2, 0) is 24.3 Å². The number of anilines is 1. The minimum atomic E-state index is -0.132. The molecule has 1 heterocycles. The standard InChI is InChI=1S/C15H19N3O2/c1-3-13-17-14(8-15(19)18-13)16-9-11-5-4-6-12(7-11)10-20-2/h4-8H,3,9-10H2,1-2H3,(H2,16,17,18,19). The van der Waals surface area contributed by atoms with Crippen molar-refractivity contribution in [3.8, 4) is 0 Å². The highest BCUT2D eigenvalue weighted by molar-refractivity contribution is 5.35. The molecule has 2 N–H and O–H groups in total. The van der Waals surface area contributed by atoms with Gasteiger partial charge in [-0.25, -0.2) is 4.98 Å². The summed E-state index contributed by atoms with van der Waals surface area (Å²) in [7, 11) is 1.68. The van der Waals surface area contributed by atoms with Gasteiger partial charge in [-0.3, -0.25) is 4.79 Å². The Bertz CT molecular complexity index is 623. The molecule has 0 bridgehead atoms. The Morgan fingerprint density at radius 1 is 1.30 bits per heavy atom. The van der Waals surface area contributed by atoms with Crippen LogP contribution in [0.5, 0.6) is 0 Å². The van der Waals surface area contributed by atoms with Gasteiger partial charge in [0.1, 0.15) is 11.6 Å². The average Bonchev–Trinajstić information content (AvgIpc) is 2.45. The van der Waals surface area contributed by atoms with Crippen LogP contribution in [0.1, 0.15) is 23.9 Å². The minimum Gasteiger partial charge on any atom is -0.380 e. The summed E-state index contributed by atoms with van der Waals surface area (Å²) in [6, 6.07) is 9.59. The van der Waals surface area contributed by atoms with Crippen molar-refractivity contribution < 1.29 is 4.74 Å². The third kappa shape index (κ3) is 3.93. The van der Waals surface area contributed by atoms with E-state index in [4.69, 9.17) is 4.74 Å². The van der Waals surface area contributed by atoms with Gasteiger partial charge in [-0.15, -0.1) is 0 Å². The summed E-state index contributed by atoms with van der Waals surface area (Å²) in [5.74, 6) is 1.29. The van der Waals surface area contributed by atoms with Gasteiger partial charge in [0.15, 0.2) is 0 Å². The zero-order valence-electron chi connectivity index (χ0n) is 11.8. The number of ether oxygens (including phenoxy) is 1. The Kier molecular flexibility index (Phi) is 4.90. The van der Waals surface area contributed by atoms with Crippen LogP contribution in [-0.4, -0.2) is 17.1 Å². The van der Waals surface area contributed by atoms with Gasteiger partial charge in [-0.05, 0) is 11.1 Å². The number of rotatable bonds is 6. The van der Waals surface area contributed by atoms with E-state index in [1.165, 1.54) is 6.07 Å². The lowest BCUT2D eigenvalue weighted by molar-refractivity contribution is 0.185. The lowest BCUT2D eigenvalue weighted by Gasteiger charge is -2.08. The Hall–Kier alpha value is -2.14. The molecule has 106 valence electrons. The Labute approximate surface area is 118 Å². The van der Waals surface area contributed by atoms with E-state index in [1.54, 1.807) is 7.11 Å². The highest BCUT2D eigenvalue weighted by Crippen LogP contribution is 2.09. The summed E-state index contributed by atoms with van der Waals surface area (Å²) >= 11 is 0. The number of aromatic amines is 1. The second-order valence-corrected chi connectivity index (χ2v) is 4.54. The SMILES string of the molecule is CCc1nc(NCc2cccc(COC)c2)cc(=O)[nH]1. The molecule has 0 radical (unpaired) electrons. The van der Waals surface area contributed by atoms with Crippen molar-refractivity contribution in [2.45, 2.75) is 26.5 Å². The monoisotopic (exact) mass is 273 g/mol. The maximum absolute atomic E-state index is 11.5. The molecule has 0 unspecified atom stereocenters. The zero-order chi connectivity index (χ0) is 14.4. The summed E-state index contributed by atoms with van der Waals surface area (Å²) in [5, 5.41) is 3.17. The first kappa shape index (κ1) is 14.3. The number of nitrogens with one attached hydrogen (secondary N) is 2. The fourth-order valence-corrected chi connectivity index (χ4v) is 1.95. The summed E-state index contributed by atoms with van der Waals surface area (Å²) in [4.78, 5) is 18.5. The van der Waals surface area contributed by atoms with Crippen LogP contribution < -0.4 is 10.9 Å². The number of hydrogen-bond acceptors (Lipinski definition) is 4. The van der Waals surface area contributed by atoms with Gasteiger partial charge in [0.05, 0.1) is 6.61 Å². The third-order valence-corrected chi connectivity index (χ3v) is 2.90. The molecule has 0 aliphatic heterocycles. The molecule has 0 fully saturated rings. The molecule has 2 aromatic rings. The van der Waals surface area contributed by atoms with E-state index in [2.05, 4.69) is 21.4 Å². The maximum Gasteiger partial charge on any atom is 0.252 e. The molecule has 0 spiro atoms. The Balaban J connectivity index is 2.06. The van der Waals surface area contributed by atoms with Crippen molar-refractivity contribution in [2.24, 2.45) is 0 Å². The van der Waals surface area contributed by atoms with Crippen LogP contribution in [0, 0.1) is 0 Å². The first-order chi connectivity index (χ1) is 9.71.